The van der Waals surface area contributed by atoms with Crippen LogP contribution in [0.4, 0.5) is 0 Å². The Balaban J connectivity index is 2.24. The first-order valence-electron chi connectivity index (χ1n) is 4.88. The fourth-order valence-corrected chi connectivity index (χ4v) is 1.82. The Morgan fingerprint density at radius 2 is 1.82 bits per heavy atom. The van der Waals surface area contributed by atoms with E-state index in [9.17, 15) is 0 Å². The summed E-state index contributed by atoms with van der Waals surface area (Å²) in [6.07, 6.45) is 0. The number of halogens is 2. The van der Waals surface area contributed by atoms with Gasteiger partial charge in [-0.3, -0.25) is 0 Å². The highest BCUT2D eigenvalue weighted by Gasteiger charge is 2.03. The molecule has 0 radical (unpaired) electrons. The van der Waals surface area contributed by atoms with E-state index in [1.54, 1.807) is 36.4 Å². The maximum absolute atomic E-state index is 8.96. The van der Waals surface area contributed by atoms with Crippen LogP contribution in [0.15, 0.2) is 36.4 Å². The van der Waals surface area contributed by atoms with Gasteiger partial charge in [0.2, 0.25) is 5.88 Å². The SMILES string of the molecule is OCc1cccc(Oc2cc(Cl)cc(Cl)c2)n1. The predicted molar refractivity (Wildman–Crippen MR) is 66.7 cm³/mol. The van der Waals surface area contributed by atoms with E-state index in [0.717, 1.165) is 0 Å². The van der Waals surface area contributed by atoms with Crippen LogP contribution < -0.4 is 4.74 Å². The molecule has 0 amide bonds. The summed E-state index contributed by atoms with van der Waals surface area (Å²) in [7, 11) is 0. The summed E-state index contributed by atoms with van der Waals surface area (Å²) >= 11 is 11.7. The van der Waals surface area contributed by atoms with Crippen LogP contribution in [0.3, 0.4) is 0 Å². The number of ether oxygens (including phenoxy) is 1. The first-order valence-corrected chi connectivity index (χ1v) is 5.64. The molecule has 0 atom stereocenters. The molecule has 0 saturated heterocycles. The van der Waals surface area contributed by atoms with Crippen LogP contribution in [0.25, 0.3) is 0 Å². The molecule has 17 heavy (non-hydrogen) atoms. The van der Waals surface area contributed by atoms with Crippen molar-refractivity contribution in [2.24, 2.45) is 0 Å². The van der Waals surface area contributed by atoms with Gasteiger partial charge >= 0.3 is 0 Å². The van der Waals surface area contributed by atoms with E-state index in [1.807, 2.05) is 0 Å². The molecule has 0 aliphatic rings. The molecule has 0 aliphatic heterocycles. The smallest absolute Gasteiger partial charge is 0.219 e. The van der Waals surface area contributed by atoms with Crippen molar-refractivity contribution in [1.82, 2.24) is 4.98 Å². The number of hydrogen-bond donors (Lipinski definition) is 1. The van der Waals surface area contributed by atoms with E-state index in [1.165, 1.54) is 0 Å². The number of aliphatic hydroxyl groups excluding tert-OH is 1. The van der Waals surface area contributed by atoms with E-state index < -0.39 is 0 Å². The lowest BCUT2D eigenvalue weighted by atomic mass is 10.3. The van der Waals surface area contributed by atoms with Gasteiger partial charge in [-0.1, -0.05) is 29.3 Å². The second-order valence-corrected chi connectivity index (χ2v) is 4.21. The zero-order valence-corrected chi connectivity index (χ0v) is 10.2. The molecule has 88 valence electrons. The summed E-state index contributed by atoms with van der Waals surface area (Å²) in [6.45, 7) is -0.131. The summed E-state index contributed by atoms with van der Waals surface area (Å²) in [4.78, 5) is 4.09. The Kier molecular flexibility index (Phi) is 3.84. The largest absolute Gasteiger partial charge is 0.439 e. The summed E-state index contributed by atoms with van der Waals surface area (Å²) in [6, 6.07) is 10.0. The fraction of sp³-hybridized carbons (Fsp3) is 0.0833. The van der Waals surface area contributed by atoms with Gasteiger partial charge in [-0.2, -0.15) is 0 Å². The standard InChI is InChI=1S/C12H9Cl2NO2/c13-8-4-9(14)6-11(5-8)17-12-3-1-2-10(7-16)15-12/h1-6,16H,7H2. The third-order valence-corrected chi connectivity index (χ3v) is 2.44. The van der Waals surface area contributed by atoms with Crippen LogP contribution in [0, 0.1) is 0 Å². The number of rotatable bonds is 3. The number of nitrogens with zero attached hydrogens (tertiary/aromatic N) is 1. The van der Waals surface area contributed by atoms with E-state index in [4.69, 9.17) is 33.0 Å². The molecule has 0 unspecified atom stereocenters. The molecule has 0 aliphatic carbocycles. The van der Waals surface area contributed by atoms with E-state index in [2.05, 4.69) is 4.98 Å². The number of aliphatic hydroxyl groups is 1. The van der Waals surface area contributed by atoms with Crippen LogP contribution >= 0.6 is 23.2 Å². The normalized spacial score (nSPS) is 10.3. The van der Waals surface area contributed by atoms with E-state index in [0.29, 0.717) is 27.4 Å². The van der Waals surface area contributed by atoms with Gasteiger partial charge in [-0.25, -0.2) is 4.98 Å². The van der Waals surface area contributed by atoms with Gasteiger partial charge < -0.3 is 9.84 Å². The highest BCUT2D eigenvalue weighted by molar-refractivity contribution is 6.34. The Morgan fingerprint density at radius 1 is 1.12 bits per heavy atom. The summed E-state index contributed by atoms with van der Waals surface area (Å²) in [5.41, 5.74) is 0.538. The van der Waals surface area contributed by atoms with Crippen molar-refractivity contribution >= 4 is 23.2 Å². The molecule has 0 bridgehead atoms. The maximum atomic E-state index is 8.96. The first kappa shape index (κ1) is 12.2. The van der Waals surface area contributed by atoms with Gasteiger partial charge in [0.05, 0.1) is 12.3 Å². The summed E-state index contributed by atoms with van der Waals surface area (Å²) in [5.74, 6) is 0.889. The average molecular weight is 270 g/mol. The molecule has 1 aromatic carbocycles. The highest BCUT2D eigenvalue weighted by atomic mass is 35.5. The van der Waals surface area contributed by atoms with Crippen molar-refractivity contribution in [3.8, 4) is 11.6 Å². The van der Waals surface area contributed by atoms with Gasteiger partial charge in [0, 0.05) is 16.1 Å². The van der Waals surface area contributed by atoms with Crippen molar-refractivity contribution < 1.29 is 9.84 Å². The molecule has 1 N–H and O–H groups in total. The molecule has 5 heteroatoms. The van der Waals surface area contributed by atoms with Crippen molar-refractivity contribution in [1.29, 1.82) is 0 Å². The second-order valence-electron chi connectivity index (χ2n) is 3.33. The van der Waals surface area contributed by atoms with Crippen LogP contribution in [0.2, 0.25) is 10.0 Å². The number of aromatic nitrogens is 1. The van der Waals surface area contributed by atoms with Crippen LogP contribution in [-0.4, -0.2) is 10.1 Å². The molecule has 0 spiro atoms. The quantitative estimate of drug-likeness (QED) is 0.925. The zero-order chi connectivity index (χ0) is 12.3. The van der Waals surface area contributed by atoms with Crippen molar-refractivity contribution in [3.05, 3.63) is 52.1 Å². The average Bonchev–Trinajstić information content (AvgIpc) is 2.28. The summed E-state index contributed by atoms with van der Waals surface area (Å²) in [5, 5.41) is 9.94. The van der Waals surface area contributed by atoms with E-state index >= 15 is 0 Å². The Bertz CT molecular complexity index is 511. The molecule has 2 aromatic rings. The highest BCUT2D eigenvalue weighted by Crippen LogP contribution is 2.27. The van der Waals surface area contributed by atoms with Crippen molar-refractivity contribution in [2.45, 2.75) is 6.61 Å². The second kappa shape index (κ2) is 5.36. The van der Waals surface area contributed by atoms with Crippen LogP contribution in [0.5, 0.6) is 11.6 Å². The number of pyridine rings is 1. The predicted octanol–water partition coefficient (Wildman–Crippen LogP) is 3.67. The van der Waals surface area contributed by atoms with Crippen LogP contribution in [-0.2, 0) is 6.61 Å². The van der Waals surface area contributed by atoms with Crippen molar-refractivity contribution in [3.63, 3.8) is 0 Å². The van der Waals surface area contributed by atoms with E-state index in [-0.39, 0.29) is 6.61 Å². The molecule has 1 aromatic heterocycles. The lowest BCUT2D eigenvalue weighted by molar-refractivity contribution is 0.275. The Morgan fingerprint density at radius 3 is 2.47 bits per heavy atom. The van der Waals surface area contributed by atoms with Gasteiger partial charge in [0.25, 0.3) is 0 Å². The zero-order valence-electron chi connectivity index (χ0n) is 8.73. The van der Waals surface area contributed by atoms with Gasteiger partial charge in [-0.15, -0.1) is 0 Å². The molecule has 0 saturated carbocycles. The molecule has 3 nitrogen and oxygen atoms in total. The minimum atomic E-state index is -0.131. The minimum absolute atomic E-state index is 0.131. The third-order valence-electron chi connectivity index (χ3n) is 2.00. The molecule has 0 fully saturated rings. The molecule has 2 rings (SSSR count). The molecule has 1 heterocycles. The minimum Gasteiger partial charge on any atom is -0.439 e. The topological polar surface area (TPSA) is 42.4 Å². The first-order chi connectivity index (χ1) is 8.17. The van der Waals surface area contributed by atoms with Crippen molar-refractivity contribution in [2.75, 3.05) is 0 Å². The fourth-order valence-electron chi connectivity index (χ4n) is 1.31. The number of benzene rings is 1. The lowest BCUT2D eigenvalue weighted by Crippen LogP contribution is -1.92. The van der Waals surface area contributed by atoms with Gasteiger partial charge in [0.15, 0.2) is 0 Å². The van der Waals surface area contributed by atoms with Gasteiger partial charge in [-0.05, 0) is 24.3 Å². The third kappa shape index (κ3) is 3.33. The summed E-state index contributed by atoms with van der Waals surface area (Å²) < 4.78 is 5.49. The molecular weight excluding hydrogens is 261 g/mol. The monoisotopic (exact) mass is 269 g/mol. The number of hydrogen-bond acceptors (Lipinski definition) is 3. The van der Waals surface area contributed by atoms with Crippen LogP contribution in [0.1, 0.15) is 5.69 Å². The Labute approximate surface area is 109 Å². The lowest BCUT2D eigenvalue weighted by Gasteiger charge is -2.06. The van der Waals surface area contributed by atoms with Gasteiger partial charge in [0.1, 0.15) is 5.75 Å². The molecular formula is C12H9Cl2NO2. The Hall–Kier alpha value is -1.29. The maximum Gasteiger partial charge on any atom is 0.219 e.